The minimum atomic E-state index is 0.182. The molecule has 0 fully saturated rings. The highest BCUT2D eigenvalue weighted by Gasteiger charge is 2.08. The third-order valence-electron chi connectivity index (χ3n) is 3.27. The third-order valence-corrected chi connectivity index (χ3v) is 3.27. The molecule has 0 aromatic heterocycles. The van der Waals surface area contributed by atoms with Crippen LogP contribution in [0.15, 0.2) is 42.5 Å². The molecule has 126 valence electrons. The Balaban J connectivity index is 2.14. The van der Waals surface area contributed by atoms with Crippen LogP contribution < -0.4 is 19.5 Å². The number of hydrogen-bond donors (Lipinski definition) is 1. The molecule has 0 saturated heterocycles. The zero-order chi connectivity index (χ0) is 17.2. The summed E-state index contributed by atoms with van der Waals surface area (Å²) in [6, 6.07) is 13.3. The Labute approximate surface area is 142 Å². The van der Waals surface area contributed by atoms with Crippen LogP contribution in [-0.2, 0) is 11.3 Å². The van der Waals surface area contributed by atoms with Crippen LogP contribution in [0.1, 0.15) is 5.56 Å². The van der Waals surface area contributed by atoms with Crippen LogP contribution in [0.4, 0.5) is 5.69 Å². The highest BCUT2D eigenvalue weighted by atomic mass is 16.7. The quantitative estimate of drug-likeness (QED) is 0.566. The van der Waals surface area contributed by atoms with Crippen LogP contribution in [0, 0.1) is 12.3 Å². The Bertz CT molecular complexity index is 694. The van der Waals surface area contributed by atoms with Gasteiger partial charge < -0.3 is 24.3 Å². The molecule has 0 unspecified atom stereocenters. The number of rotatable bonds is 9. The molecule has 2 aromatic carbocycles. The number of methoxy groups -OCH3 is 2. The van der Waals surface area contributed by atoms with Gasteiger partial charge in [-0.2, -0.15) is 0 Å². The highest BCUT2D eigenvalue weighted by Crippen LogP contribution is 2.28. The van der Waals surface area contributed by atoms with E-state index in [1.165, 1.54) is 0 Å². The second-order valence-electron chi connectivity index (χ2n) is 4.87. The molecule has 1 N–H and O–H groups in total. The molecule has 0 aliphatic rings. The molecule has 2 aromatic rings. The number of anilines is 1. The van der Waals surface area contributed by atoms with E-state index in [1.54, 1.807) is 14.2 Å². The lowest BCUT2D eigenvalue weighted by molar-refractivity contribution is 0.0504. The molecule has 5 nitrogen and oxygen atoms in total. The van der Waals surface area contributed by atoms with E-state index in [0.29, 0.717) is 12.3 Å². The summed E-state index contributed by atoms with van der Waals surface area (Å²) in [5.74, 6) is 4.66. The third kappa shape index (κ3) is 4.83. The summed E-state index contributed by atoms with van der Waals surface area (Å²) in [4.78, 5) is 0. The SMILES string of the molecule is C#CCOc1ccccc1NCc1cc(OC)ccc1OCOC. The summed E-state index contributed by atoms with van der Waals surface area (Å²) in [6.45, 7) is 0.938. The lowest BCUT2D eigenvalue weighted by atomic mass is 10.1. The van der Waals surface area contributed by atoms with E-state index in [-0.39, 0.29) is 13.4 Å². The predicted molar refractivity (Wildman–Crippen MR) is 93.6 cm³/mol. The van der Waals surface area contributed by atoms with Crippen molar-refractivity contribution in [2.45, 2.75) is 6.54 Å². The zero-order valence-corrected chi connectivity index (χ0v) is 13.9. The minimum absolute atomic E-state index is 0.182. The monoisotopic (exact) mass is 327 g/mol. The number of benzene rings is 2. The Hall–Kier alpha value is -2.84. The molecule has 0 radical (unpaired) electrons. The van der Waals surface area contributed by atoms with Crippen LogP contribution in [0.3, 0.4) is 0 Å². The highest BCUT2D eigenvalue weighted by molar-refractivity contribution is 5.57. The van der Waals surface area contributed by atoms with Gasteiger partial charge >= 0.3 is 0 Å². The lowest BCUT2D eigenvalue weighted by Crippen LogP contribution is -2.07. The summed E-state index contributed by atoms with van der Waals surface area (Å²) in [5, 5.41) is 3.34. The first-order valence-electron chi connectivity index (χ1n) is 7.46. The molecule has 0 spiro atoms. The van der Waals surface area contributed by atoms with Crippen molar-refractivity contribution in [3.05, 3.63) is 48.0 Å². The molecule has 24 heavy (non-hydrogen) atoms. The summed E-state index contributed by atoms with van der Waals surface area (Å²) in [7, 11) is 3.21. The topological polar surface area (TPSA) is 49.0 Å². The fourth-order valence-electron chi connectivity index (χ4n) is 2.13. The second kappa shape index (κ2) is 9.33. The van der Waals surface area contributed by atoms with E-state index in [9.17, 15) is 0 Å². The van der Waals surface area contributed by atoms with Crippen molar-refractivity contribution in [3.63, 3.8) is 0 Å². The number of hydrogen-bond acceptors (Lipinski definition) is 5. The van der Waals surface area contributed by atoms with Gasteiger partial charge in [0.05, 0.1) is 12.8 Å². The maximum Gasteiger partial charge on any atom is 0.188 e. The van der Waals surface area contributed by atoms with Crippen LogP contribution in [0.2, 0.25) is 0 Å². The minimum Gasteiger partial charge on any atom is -0.497 e. The molecule has 0 atom stereocenters. The van der Waals surface area contributed by atoms with Crippen molar-refractivity contribution in [1.82, 2.24) is 0 Å². The van der Waals surface area contributed by atoms with E-state index >= 15 is 0 Å². The van der Waals surface area contributed by atoms with Crippen molar-refractivity contribution >= 4 is 5.69 Å². The number of nitrogens with one attached hydrogen (secondary N) is 1. The standard InChI is InChI=1S/C19H21NO4/c1-4-11-23-19-8-6-5-7-17(19)20-13-15-12-16(22-3)9-10-18(15)24-14-21-2/h1,5-10,12,20H,11,13-14H2,2-3H3. The van der Waals surface area contributed by atoms with Crippen molar-refractivity contribution in [3.8, 4) is 29.6 Å². The summed E-state index contributed by atoms with van der Waals surface area (Å²) in [5.41, 5.74) is 1.80. The fourth-order valence-corrected chi connectivity index (χ4v) is 2.13. The maximum atomic E-state index is 5.59. The van der Waals surface area contributed by atoms with Gasteiger partial charge in [0.2, 0.25) is 0 Å². The predicted octanol–water partition coefficient (Wildman–Crippen LogP) is 3.30. The van der Waals surface area contributed by atoms with Gasteiger partial charge in [0.1, 0.15) is 23.9 Å². The first-order valence-corrected chi connectivity index (χ1v) is 7.46. The van der Waals surface area contributed by atoms with Crippen molar-refractivity contribution < 1.29 is 18.9 Å². The van der Waals surface area contributed by atoms with Gasteiger partial charge in [-0.15, -0.1) is 6.42 Å². The maximum absolute atomic E-state index is 5.59. The molecule has 0 saturated carbocycles. The fraction of sp³-hybridized carbons (Fsp3) is 0.263. The molecule has 2 rings (SSSR count). The van der Waals surface area contributed by atoms with Gasteiger partial charge in [-0.25, -0.2) is 0 Å². The Kier molecular flexibility index (Phi) is 6.81. The van der Waals surface area contributed by atoms with Gasteiger partial charge in [0.15, 0.2) is 6.79 Å². The number of terminal acetylenes is 1. The molecule has 0 amide bonds. The Morgan fingerprint density at radius 2 is 1.88 bits per heavy atom. The second-order valence-corrected chi connectivity index (χ2v) is 4.87. The van der Waals surface area contributed by atoms with Gasteiger partial charge in [0.25, 0.3) is 0 Å². The normalized spacial score (nSPS) is 9.88. The van der Waals surface area contributed by atoms with Gasteiger partial charge in [-0.05, 0) is 30.3 Å². The van der Waals surface area contributed by atoms with E-state index in [2.05, 4.69) is 11.2 Å². The first-order chi connectivity index (χ1) is 11.8. The van der Waals surface area contributed by atoms with E-state index in [1.807, 2.05) is 42.5 Å². The summed E-state index contributed by atoms with van der Waals surface area (Å²) >= 11 is 0. The molecule has 5 heteroatoms. The van der Waals surface area contributed by atoms with Crippen LogP contribution >= 0.6 is 0 Å². The Morgan fingerprint density at radius 1 is 1.04 bits per heavy atom. The largest absolute Gasteiger partial charge is 0.497 e. The molecule has 0 aliphatic carbocycles. The van der Waals surface area contributed by atoms with E-state index < -0.39 is 0 Å². The smallest absolute Gasteiger partial charge is 0.188 e. The molecule has 0 bridgehead atoms. The number of ether oxygens (including phenoxy) is 4. The summed E-state index contributed by atoms with van der Waals surface area (Å²) in [6.07, 6.45) is 5.25. The van der Waals surface area contributed by atoms with E-state index in [0.717, 1.165) is 22.7 Å². The Morgan fingerprint density at radius 3 is 2.62 bits per heavy atom. The van der Waals surface area contributed by atoms with Crippen molar-refractivity contribution in [2.75, 3.05) is 32.9 Å². The molecule has 0 heterocycles. The van der Waals surface area contributed by atoms with Crippen LogP contribution in [0.5, 0.6) is 17.2 Å². The van der Waals surface area contributed by atoms with Crippen LogP contribution in [0.25, 0.3) is 0 Å². The summed E-state index contributed by atoms with van der Waals surface area (Å²) < 4.78 is 21.4. The zero-order valence-electron chi connectivity index (χ0n) is 13.9. The number of para-hydroxylation sites is 2. The average Bonchev–Trinajstić information content (AvgIpc) is 2.63. The van der Waals surface area contributed by atoms with Gasteiger partial charge in [0, 0.05) is 19.2 Å². The average molecular weight is 327 g/mol. The van der Waals surface area contributed by atoms with E-state index in [4.69, 9.17) is 25.4 Å². The molecular weight excluding hydrogens is 306 g/mol. The molecular formula is C19H21NO4. The van der Waals surface area contributed by atoms with Gasteiger partial charge in [-0.3, -0.25) is 0 Å². The first kappa shape index (κ1) is 17.5. The van der Waals surface area contributed by atoms with Crippen molar-refractivity contribution in [2.24, 2.45) is 0 Å². The lowest BCUT2D eigenvalue weighted by Gasteiger charge is -2.15. The van der Waals surface area contributed by atoms with Gasteiger partial charge in [-0.1, -0.05) is 18.1 Å². The van der Waals surface area contributed by atoms with Crippen molar-refractivity contribution in [1.29, 1.82) is 0 Å². The van der Waals surface area contributed by atoms with Crippen LogP contribution in [-0.4, -0.2) is 27.6 Å². The molecule has 0 aliphatic heterocycles.